The maximum Gasteiger partial charge on any atom is 0.193 e. The average molecular weight is 358 g/mol. The molecule has 0 fully saturated rings. The van der Waals surface area contributed by atoms with E-state index >= 15 is 0 Å². The van der Waals surface area contributed by atoms with E-state index in [4.69, 9.17) is 4.74 Å². The van der Waals surface area contributed by atoms with Crippen LogP contribution >= 0.6 is 0 Å². The number of para-hydroxylation sites is 1. The SMILES string of the molecule is CN=C(NCC(c1cnn(C)c1)N(C)C)N(C)Cc1ccccc1OC. The molecule has 1 atom stereocenters. The lowest BCUT2D eigenvalue weighted by Crippen LogP contribution is -2.42. The van der Waals surface area contributed by atoms with Crippen molar-refractivity contribution in [2.45, 2.75) is 12.6 Å². The Balaban J connectivity index is 2.03. The Hall–Kier alpha value is -2.54. The van der Waals surface area contributed by atoms with Crippen LogP contribution in [0, 0.1) is 0 Å². The number of guanidine groups is 1. The van der Waals surface area contributed by atoms with Gasteiger partial charge >= 0.3 is 0 Å². The molecule has 0 aliphatic rings. The molecule has 142 valence electrons. The second-order valence-electron chi connectivity index (χ2n) is 6.52. The molecule has 1 aromatic carbocycles. The van der Waals surface area contributed by atoms with E-state index < -0.39 is 0 Å². The van der Waals surface area contributed by atoms with Crippen molar-refractivity contribution in [2.75, 3.05) is 41.8 Å². The predicted molar refractivity (Wildman–Crippen MR) is 105 cm³/mol. The van der Waals surface area contributed by atoms with E-state index in [0.717, 1.165) is 23.8 Å². The monoisotopic (exact) mass is 358 g/mol. The number of hydrogen-bond donors (Lipinski definition) is 1. The highest BCUT2D eigenvalue weighted by Crippen LogP contribution is 2.19. The molecule has 26 heavy (non-hydrogen) atoms. The highest BCUT2D eigenvalue weighted by Gasteiger charge is 2.17. The number of aryl methyl sites for hydroxylation is 1. The van der Waals surface area contributed by atoms with Gasteiger partial charge in [0.1, 0.15) is 5.75 Å². The molecule has 1 aromatic heterocycles. The summed E-state index contributed by atoms with van der Waals surface area (Å²) < 4.78 is 7.27. The maximum atomic E-state index is 5.45. The van der Waals surface area contributed by atoms with E-state index in [1.165, 1.54) is 5.56 Å². The van der Waals surface area contributed by atoms with E-state index in [0.29, 0.717) is 6.54 Å². The Morgan fingerprint density at radius 2 is 2.04 bits per heavy atom. The lowest BCUT2D eigenvalue weighted by atomic mass is 10.1. The van der Waals surface area contributed by atoms with Crippen molar-refractivity contribution in [3.8, 4) is 5.75 Å². The van der Waals surface area contributed by atoms with Crippen molar-refractivity contribution in [1.29, 1.82) is 0 Å². The van der Waals surface area contributed by atoms with E-state index in [9.17, 15) is 0 Å². The van der Waals surface area contributed by atoms with Gasteiger partial charge in [-0.2, -0.15) is 5.10 Å². The van der Waals surface area contributed by atoms with Gasteiger partial charge in [0.2, 0.25) is 0 Å². The normalized spacial score (nSPS) is 13.0. The second kappa shape index (κ2) is 9.24. The largest absolute Gasteiger partial charge is 0.496 e. The molecule has 0 radical (unpaired) electrons. The van der Waals surface area contributed by atoms with Crippen LogP contribution in [-0.2, 0) is 13.6 Å². The van der Waals surface area contributed by atoms with Crippen molar-refractivity contribution in [2.24, 2.45) is 12.0 Å². The van der Waals surface area contributed by atoms with Gasteiger partial charge in [-0.15, -0.1) is 0 Å². The zero-order chi connectivity index (χ0) is 19.1. The molecule has 1 unspecified atom stereocenters. The van der Waals surface area contributed by atoms with Gasteiger partial charge in [0, 0.05) is 51.6 Å². The summed E-state index contributed by atoms with van der Waals surface area (Å²) in [5.74, 6) is 1.72. The van der Waals surface area contributed by atoms with Gasteiger partial charge in [-0.3, -0.25) is 9.67 Å². The van der Waals surface area contributed by atoms with Gasteiger partial charge < -0.3 is 19.9 Å². The van der Waals surface area contributed by atoms with E-state index in [2.05, 4.69) is 45.4 Å². The fourth-order valence-electron chi connectivity index (χ4n) is 2.95. The molecule has 2 rings (SSSR count). The number of aliphatic imine (C=N–C) groups is 1. The van der Waals surface area contributed by atoms with Crippen LogP contribution in [0.1, 0.15) is 17.2 Å². The fraction of sp³-hybridized carbons (Fsp3) is 0.474. The molecule has 0 amide bonds. The molecule has 0 saturated heterocycles. The number of hydrogen-bond acceptors (Lipinski definition) is 4. The van der Waals surface area contributed by atoms with Crippen LogP contribution in [0.3, 0.4) is 0 Å². The number of ether oxygens (including phenoxy) is 1. The summed E-state index contributed by atoms with van der Waals surface area (Å²) in [4.78, 5) is 8.69. The summed E-state index contributed by atoms with van der Waals surface area (Å²) in [5.41, 5.74) is 2.30. The molecule has 1 N–H and O–H groups in total. The Morgan fingerprint density at radius 3 is 2.62 bits per heavy atom. The number of aromatic nitrogens is 2. The van der Waals surface area contributed by atoms with Gasteiger partial charge in [-0.05, 0) is 20.2 Å². The molecular formula is C19H30N6O. The number of methoxy groups -OCH3 is 1. The molecule has 7 heteroatoms. The van der Waals surface area contributed by atoms with E-state index in [-0.39, 0.29) is 6.04 Å². The van der Waals surface area contributed by atoms with Crippen molar-refractivity contribution < 1.29 is 4.74 Å². The standard InChI is InChI=1S/C19H30N6O/c1-20-19(24(4)13-15-9-7-8-10-18(15)26-6)21-12-17(23(2)3)16-11-22-25(5)14-16/h7-11,14,17H,12-13H2,1-6H3,(H,20,21). The summed E-state index contributed by atoms with van der Waals surface area (Å²) in [6.07, 6.45) is 3.96. The minimum absolute atomic E-state index is 0.208. The van der Waals surface area contributed by atoms with Crippen LogP contribution in [0.5, 0.6) is 5.75 Å². The minimum Gasteiger partial charge on any atom is -0.496 e. The van der Waals surface area contributed by atoms with E-state index in [1.807, 2.05) is 49.4 Å². The van der Waals surface area contributed by atoms with Gasteiger partial charge in [0.05, 0.1) is 19.3 Å². The molecule has 7 nitrogen and oxygen atoms in total. The Bertz CT molecular complexity index is 724. The minimum atomic E-state index is 0.208. The molecule has 2 aromatic rings. The molecule has 0 aliphatic carbocycles. The number of likely N-dealkylation sites (N-methyl/N-ethyl adjacent to an activating group) is 1. The highest BCUT2D eigenvalue weighted by molar-refractivity contribution is 5.79. The summed E-state index contributed by atoms with van der Waals surface area (Å²) >= 11 is 0. The Labute approximate surface area is 156 Å². The predicted octanol–water partition coefficient (Wildman–Crippen LogP) is 1.74. The van der Waals surface area contributed by atoms with Crippen molar-refractivity contribution >= 4 is 5.96 Å². The first kappa shape index (κ1) is 19.8. The number of rotatable bonds is 7. The smallest absolute Gasteiger partial charge is 0.193 e. The molecule has 0 saturated carbocycles. The van der Waals surface area contributed by atoms with Crippen LogP contribution in [-0.4, -0.2) is 67.4 Å². The third kappa shape index (κ3) is 4.98. The summed E-state index contributed by atoms with van der Waals surface area (Å²) in [6, 6.07) is 8.25. The average Bonchev–Trinajstić information content (AvgIpc) is 3.04. The van der Waals surface area contributed by atoms with Crippen LogP contribution in [0.2, 0.25) is 0 Å². The first-order chi connectivity index (χ1) is 12.5. The van der Waals surface area contributed by atoms with Gasteiger partial charge in [0.15, 0.2) is 5.96 Å². The molecular weight excluding hydrogens is 328 g/mol. The second-order valence-corrected chi connectivity index (χ2v) is 6.52. The summed E-state index contributed by atoms with van der Waals surface area (Å²) in [7, 11) is 11.6. The van der Waals surface area contributed by atoms with Crippen molar-refractivity contribution in [3.63, 3.8) is 0 Å². The van der Waals surface area contributed by atoms with E-state index in [1.54, 1.807) is 14.2 Å². The van der Waals surface area contributed by atoms with Gasteiger partial charge in [-0.1, -0.05) is 18.2 Å². The lowest BCUT2D eigenvalue weighted by Gasteiger charge is -2.28. The molecule has 0 bridgehead atoms. The summed E-state index contributed by atoms with van der Waals surface area (Å²) in [6.45, 7) is 1.45. The third-order valence-electron chi connectivity index (χ3n) is 4.36. The zero-order valence-electron chi connectivity index (χ0n) is 16.6. The lowest BCUT2D eigenvalue weighted by molar-refractivity contribution is 0.295. The molecule has 0 spiro atoms. The zero-order valence-corrected chi connectivity index (χ0v) is 16.6. The van der Waals surface area contributed by atoms with Crippen LogP contribution in [0.4, 0.5) is 0 Å². The molecule has 1 heterocycles. The van der Waals surface area contributed by atoms with Crippen molar-refractivity contribution in [3.05, 3.63) is 47.8 Å². The first-order valence-corrected chi connectivity index (χ1v) is 8.65. The number of nitrogens with zero attached hydrogens (tertiary/aromatic N) is 5. The van der Waals surface area contributed by atoms with Crippen molar-refractivity contribution in [1.82, 2.24) is 24.9 Å². The third-order valence-corrected chi connectivity index (χ3v) is 4.36. The quantitative estimate of drug-likeness (QED) is 0.603. The summed E-state index contributed by atoms with van der Waals surface area (Å²) in [5, 5.41) is 7.76. The van der Waals surface area contributed by atoms with Gasteiger partial charge in [-0.25, -0.2) is 0 Å². The Kier molecular flexibility index (Phi) is 7.03. The van der Waals surface area contributed by atoms with Crippen LogP contribution < -0.4 is 10.1 Å². The van der Waals surface area contributed by atoms with Crippen LogP contribution in [0.15, 0.2) is 41.7 Å². The van der Waals surface area contributed by atoms with Gasteiger partial charge in [0.25, 0.3) is 0 Å². The highest BCUT2D eigenvalue weighted by atomic mass is 16.5. The fourth-order valence-corrected chi connectivity index (χ4v) is 2.95. The number of benzene rings is 1. The topological polar surface area (TPSA) is 57.9 Å². The Morgan fingerprint density at radius 1 is 1.31 bits per heavy atom. The van der Waals surface area contributed by atoms with Crippen LogP contribution in [0.25, 0.3) is 0 Å². The first-order valence-electron chi connectivity index (χ1n) is 8.65. The number of nitrogens with one attached hydrogen (secondary N) is 1. The maximum absolute atomic E-state index is 5.45. The molecule has 0 aliphatic heterocycles.